The minimum atomic E-state index is 0.293. The zero-order valence-electron chi connectivity index (χ0n) is 29.5. The molecule has 2 aromatic heterocycles. The van der Waals surface area contributed by atoms with E-state index in [2.05, 4.69) is 179 Å². The molecule has 8 rings (SSSR count). The summed E-state index contributed by atoms with van der Waals surface area (Å²) in [7, 11) is 2.20. The third kappa shape index (κ3) is 5.07. The number of hydrogen-bond donors (Lipinski definition) is 0. The maximum Gasteiger partial charge on any atom is 0.299 e. The molecule has 0 atom stereocenters. The van der Waals surface area contributed by atoms with Gasteiger partial charge in [0.05, 0.1) is 7.05 Å². The maximum absolute atomic E-state index is 6.79. The highest BCUT2D eigenvalue weighted by Gasteiger charge is 2.34. The Bertz CT molecular complexity index is 2480. The van der Waals surface area contributed by atoms with Gasteiger partial charge in [-0.2, -0.15) is 4.57 Å². The standard InChI is InChI=1S/C46H43N2O/c1-28(2)38-26-35(34-21-19-33(20-22-34)32-13-9-8-10-14-32)27-39(29(3)4)44(38)48-41-16-12-11-15-40(41)47(7)46(48)43-31(6)18-24-37-36-23-17-30(5)25-42(36)49-45(37)43/h8-29H,1-7H3/q+1. The van der Waals surface area contributed by atoms with Crippen LogP contribution in [0.1, 0.15) is 61.8 Å². The van der Waals surface area contributed by atoms with Crippen LogP contribution in [0.4, 0.5) is 0 Å². The molecule has 2 heterocycles. The van der Waals surface area contributed by atoms with Crippen molar-refractivity contribution >= 4 is 33.0 Å². The minimum Gasteiger partial charge on any atom is -0.455 e. The monoisotopic (exact) mass is 639 g/mol. The summed E-state index contributed by atoms with van der Waals surface area (Å²) >= 11 is 0. The number of fused-ring (bicyclic) bond motifs is 4. The normalized spacial score (nSPS) is 11.9. The number of rotatable bonds is 6. The Labute approximate surface area is 289 Å². The zero-order chi connectivity index (χ0) is 34.0. The molecule has 0 aliphatic rings. The van der Waals surface area contributed by atoms with E-state index in [0.717, 1.165) is 33.3 Å². The van der Waals surface area contributed by atoms with E-state index < -0.39 is 0 Å². The van der Waals surface area contributed by atoms with Crippen molar-refractivity contribution in [2.75, 3.05) is 0 Å². The number of imidazole rings is 1. The molecule has 0 saturated heterocycles. The van der Waals surface area contributed by atoms with Crippen molar-refractivity contribution in [3.8, 4) is 39.3 Å². The summed E-state index contributed by atoms with van der Waals surface area (Å²) < 4.78 is 11.7. The summed E-state index contributed by atoms with van der Waals surface area (Å²) in [6.45, 7) is 13.6. The lowest BCUT2D eigenvalue weighted by Crippen LogP contribution is -2.30. The molecule has 0 radical (unpaired) electrons. The number of aromatic nitrogens is 2. The molecule has 49 heavy (non-hydrogen) atoms. The van der Waals surface area contributed by atoms with Crippen molar-refractivity contribution in [3.05, 3.63) is 144 Å². The molecule has 8 aromatic rings. The quantitative estimate of drug-likeness (QED) is 0.166. The third-order valence-corrected chi connectivity index (χ3v) is 10.2. The fourth-order valence-electron chi connectivity index (χ4n) is 7.62. The van der Waals surface area contributed by atoms with Gasteiger partial charge in [-0.05, 0) is 89.4 Å². The highest BCUT2D eigenvalue weighted by molar-refractivity contribution is 6.10. The number of aryl methyl sites for hydroxylation is 3. The lowest BCUT2D eigenvalue weighted by atomic mass is 9.87. The second kappa shape index (κ2) is 11.9. The Kier molecular flexibility index (Phi) is 7.52. The Hall–Kier alpha value is -5.41. The molecular formula is C46H43N2O+. The summed E-state index contributed by atoms with van der Waals surface area (Å²) in [5.41, 5.74) is 16.7. The first kappa shape index (κ1) is 30.9. The summed E-state index contributed by atoms with van der Waals surface area (Å²) in [4.78, 5) is 0. The van der Waals surface area contributed by atoms with Crippen LogP contribution in [-0.4, -0.2) is 4.57 Å². The summed E-state index contributed by atoms with van der Waals surface area (Å²) in [6, 6.07) is 44.3. The predicted octanol–water partition coefficient (Wildman–Crippen LogP) is 12.2. The predicted molar refractivity (Wildman–Crippen MR) is 206 cm³/mol. The van der Waals surface area contributed by atoms with E-state index >= 15 is 0 Å². The van der Waals surface area contributed by atoms with Gasteiger partial charge >= 0.3 is 0 Å². The van der Waals surface area contributed by atoms with E-state index in [4.69, 9.17) is 4.42 Å². The van der Waals surface area contributed by atoms with Gasteiger partial charge < -0.3 is 4.42 Å². The van der Waals surface area contributed by atoms with Gasteiger partial charge in [0.25, 0.3) is 5.82 Å². The van der Waals surface area contributed by atoms with Crippen LogP contribution in [0.2, 0.25) is 0 Å². The lowest BCUT2D eigenvalue weighted by molar-refractivity contribution is -0.633. The topological polar surface area (TPSA) is 21.9 Å². The van der Waals surface area contributed by atoms with E-state index in [0.29, 0.717) is 11.8 Å². The number of para-hydroxylation sites is 2. The molecule has 0 unspecified atom stereocenters. The molecule has 0 aliphatic heterocycles. The smallest absolute Gasteiger partial charge is 0.299 e. The number of hydrogen-bond acceptors (Lipinski definition) is 1. The van der Waals surface area contributed by atoms with Gasteiger partial charge in [0, 0.05) is 21.9 Å². The molecule has 0 aliphatic carbocycles. The van der Waals surface area contributed by atoms with Crippen LogP contribution >= 0.6 is 0 Å². The van der Waals surface area contributed by atoms with Gasteiger partial charge in [-0.1, -0.05) is 119 Å². The highest BCUT2D eigenvalue weighted by Crippen LogP contribution is 2.43. The highest BCUT2D eigenvalue weighted by atomic mass is 16.3. The largest absolute Gasteiger partial charge is 0.455 e. The lowest BCUT2D eigenvalue weighted by Gasteiger charge is -2.21. The molecule has 0 N–H and O–H groups in total. The first-order valence-electron chi connectivity index (χ1n) is 17.5. The van der Waals surface area contributed by atoms with E-state index in [-0.39, 0.29) is 0 Å². The molecule has 3 nitrogen and oxygen atoms in total. The van der Waals surface area contributed by atoms with Crippen molar-refractivity contribution < 1.29 is 8.98 Å². The molecule has 242 valence electrons. The van der Waals surface area contributed by atoms with Crippen LogP contribution < -0.4 is 4.57 Å². The molecule has 0 fully saturated rings. The van der Waals surface area contributed by atoms with E-state index in [1.807, 2.05) is 0 Å². The summed E-state index contributed by atoms with van der Waals surface area (Å²) in [5, 5.41) is 2.30. The molecule has 0 spiro atoms. The molecule has 0 saturated carbocycles. The summed E-state index contributed by atoms with van der Waals surface area (Å²) in [5.74, 6) is 1.71. The molecule has 6 aromatic carbocycles. The molecule has 0 bridgehead atoms. The van der Waals surface area contributed by atoms with Gasteiger partial charge in [0.2, 0.25) is 0 Å². The van der Waals surface area contributed by atoms with E-state index in [1.165, 1.54) is 61.2 Å². The Balaban J connectivity index is 1.42. The average Bonchev–Trinajstić information content (AvgIpc) is 3.62. The second-order valence-electron chi connectivity index (χ2n) is 14.2. The third-order valence-electron chi connectivity index (χ3n) is 10.2. The zero-order valence-corrected chi connectivity index (χ0v) is 29.5. The van der Waals surface area contributed by atoms with Crippen molar-refractivity contribution in [1.29, 1.82) is 0 Å². The fourth-order valence-corrected chi connectivity index (χ4v) is 7.62. The first-order chi connectivity index (χ1) is 23.7. The van der Waals surface area contributed by atoms with Crippen molar-refractivity contribution in [2.24, 2.45) is 7.05 Å². The number of nitrogens with zero attached hydrogens (tertiary/aromatic N) is 2. The van der Waals surface area contributed by atoms with Crippen LogP contribution in [0.5, 0.6) is 0 Å². The van der Waals surface area contributed by atoms with Gasteiger partial charge in [-0.15, -0.1) is 0 Å². The number of furan rings is 1. The maximum atomic E-state index is 6.79. The van der Waals surface area contributed by atoms with Gasteiger partial charge in [0.1, 0.15) is 16.8 Å². The molecule has 0 amide bonds. The molecular weight excluding hydrogens is 597 g/mol. The average molecular weight is 640 g/mol. The van der Waals surface area contributed by atoms with Crippen LogP contribution in [0.15, 0.2) is 126 Å². The van der Waals surface area contributed by atoms with Gasteiger partial charge in [-0.25, -0.2) is 4.57 Å². The van der Waals surface area contributed by atoms with Crippen molar-refractivity contribution in [1.82, 2.24) is 4.57 Å². The SMILES string of the molecule is Cc1ccc2c(c1)oc1c(-c3n(-c4c(C(C)C)cc(-c5ccc(-c6ccccc6)cc5)cc4C(C)C)c4ccccc4[n+]3C)c(C)ccc12. The van der Waals surface area contributed by atoms with Crippen molar-refractivity contribution in [3.63, 3.8) is 0 Å². The van der Waals surface area contributed by atoms with Crippen LogP contribution in [0.25, 0.3) is 72.3 Å². The fraction of sp³-hybridized carbons (Fsp3) is 0.196. The van der Waals surface area contributed by atoms with Crippen molar-refractivity contribution in [2.45, 2.75) is 53.4 Å². The Morgan fingerprint density at radius 1 is 0.592 bits per heavy atom. The Morgan fingerprint density at radius 3 is 1.86 bits per heavy atom. The van der Waals surface area contributed by atoms with Crippen LogP contribution in [-0.2, 0) is 7.05 Å². The first-order valence-corrected chi connectivity index (χ1v) is 17.5. The number of benzene rings is 6. The Morgan fingerprint density at radius 2 is 1.18 bits per heavy atom. The molecule has 3 heteroatoms. The summed E-state index contributed by atoms with van der Waals surface area (Å²) in [6.07, 6.45) is 0. The van der Waals surface area contributed by atoms with E-state index in [1.54, 1.807) is 0 Å². The van der Waals surface area contributed by atoms with E-state index in [9.17, 15) is 0 Å². The van der Waals surface area contributed by atoms with Gasteiger partial charge in [0.15, 0.2) is 16.6 Å². The van der Waals surface area contributed by atoms with Gasteiger partial charge in [-0.3, -0.25) is 0 Å². The second-order valence-corrected chi connectivity index (χ2v) is 14.2. The minimum absolute atomic E-state index is 0.293. The van der Waals surface area contributed by atoms with Crippen LogP contribution in [0, 0.1) is 13.8 Å². The van der Waals surface area contributed by atoms with Crippen LogP contribution in [0.3, 0.4) is 0 Å².